The van der Waals surface area contributed by atoms with Crippen molar-refractivity contribution in [3.05, 3.63) is 107 Å². The SMILES string of the molecule is NCc1ccccc1-c1cccc2c(CCCCc3cccc4ccccc34)c(C(=O)O)[nH]c12. The summed E-state index contributed by atoms with van der Waals surface area (Å²) in [5, 5.41) is 13.5. The van der Waals surface area contributed by atoms with E-state index in [1.165, 1.54) is 16.3 Å². The van der Waals surface area contributed by atoms with Gasteiger partial charge < -0.3 is 15.8 Å². The Bertz CT molecular complexity index is 1480. The average molecular weight is 449 g/mol. The number of hydrogen-bond acceptors (Lipinski definition) is 2. The Hall–Kier alpha value is -3.89. The highest BCUT2D eigenvalue weighted by molar-refractivity contribution is 6.03. The van der Waals surface area contributed by atoms with E-state index in [1.807, 2.05) is 42.5 Å². The lowest BCUT2D eigenvalue weighted by molar-refractivity contribution is 0.0690. The molecule has 0 aliphatic rings. The Morgan fingerprint density at radius 3 is 2.24 bits per heavy atom. The lowest BCUT2D eigenvalue weighted by Crippen LogP contribution is -2.01. The van der Waals surface area contributed by atoms with Crippen LogP contribution in [0.4, 0.5) is 0 Å². The predicted molar refractivity (Wildman–Crippen MR) is 139 cm³/mol. The molecule has 0 aliphatic heterocycles. The van der Waals surface area contributed by atoms with Gasteiger partial charge in [0, 0.05) is 17.5 Å². The van der Waals surface area contributed by atoms with Crippen LogP contribution in [-0.4, -0.2) is 16.1 Å². The highest BCUT2D eigenvalue weighted by Crippen LogP contribution is 2.34. The van der Waals surface area contributed by atoms with Gasteiger partial charge in [-0.15, -0.1) is 0 Å². The van der Waals surface area contributed by atoms with E-state index in [9.17, 15) is 9.90 Å². The maximum absolute atomic E-state index is 12.1. The predicted octanol–water partition coefficient (Wildman–Crippen LogP) is 6.71. The van der Waals surface area contributed by atoms with Crippen molar-refractivity contribution < 1.29 is 9.90 Å². The monoisotopic (exact) mass is 448 g/mol. The molecule has 5 rings (SSSR count). The van der Waals surface area contributed by atoms with E-state index >= 15 is 0 Å². The Morgan fingerprint density at radius 1 is 0.735 bits per heavy atom. The van der Waals surface area contributed by atoms with Gasteiger partial charge in [-0.25, -0.2) is 4.79 Å². The third-order valence-electron chi connectivity index (χ3n) is 6.69. The summed E-state index contributed by atoms with van der Waals surface area (Å²) < 4.78 is 0. The van der Waals surface area contributed by atoms with Crippen molar-refractivity contribution in [1.29, 1.82) is 0 Å². The summed E-state index contributed by atoms with van der Waals surface area (Å²) in [4.78, 5) is 15.3. The molecule has 0 radical (unpaired) electrons. The number of nitrogens with one attached hydrogen (secondary N) is 1. The minimum absolute atomic E-state index is 0.290. The number of aromatic carboxylic acids is 1. The summed E-state index contributed by atoms with van der Waals surface area (Å²) in [7, 11) is 0. The molecule has 0 bridgehead atoms. The Morgan fingerprint density at radius 2 is 1.38 bits per heavy atom. The quantitative estimate of drug-likeness (QED) is 0.231. The Balaban J connectivity index is 1.43. The van der Waals surface area contributed by atoms with Crippen molar-refractivity contribution in [3.8, 4) is 11.1 Å². The van der Waals surface area contributed by atoms with E-state index in [4.69, 9.17) is 5.73 Å². The second-order valence-corrected chi connectivity index (χ2v) is 8.72. The van der Waals surface area contributed by atoms with Gasteiger partial charge in [-0.2, -0.15) is 0 Å². The number of carboxylic acid groups (broad SMARTS) is 1. The molecule has 4 aromatic carbocycles. The molecule has 0 saturated carbocycles. The number of fused-ring (bicyclic) bond motifs is 2. The molecule has 0 amide bonds. The van der Waals surface area contributed by atoms with E-state index in [0.29, 0.717) is 13.0 Å². The van der Waals surface area contributed by atoms with E-state index in [1.54, 1.807) is 0 Å². The third-order valence-corrected chi connectivity index (χ3v) is 6.69. The number of nitrogens with two attached hydrogens (primary N) is 1. The lowest BCUT2D eigenvalue weighted by Gasteiger charge is -2.09. The first-order valence-electron chi connectivity index (χ1n) is 11.8. The molecule has 34 heavy (non-hydrogen) atoms. The molecule has 0 fully saturated rings. The van der Waals surface area contributed by atoms with Crippen molar-refractivity contribution >= 4 is 27.6 Å². The number of carboxylic acids is 1. The third kappa shape index (κ3) is 4.09. The molecule has 4 N–H and O–H groups in total. The number of aromatic nitrogens is 1. The van der Waals surface area contributed by atoms with Crippen LogP contribution >= 0.6 is 0 Å². The summed E-state index contributed by atoms with van der Waals surface area (Å²) in [5.41, 5.74) is 12.4. The zero-order valence-electron chi connectivity index (χ0n) is 19.1. The zero-order chi connectivity index (χ0) is 23.5. The molecule has 4 heteroatoms. The first-order valence-corrected chi connectivity index (χ1v) is 11.8. The highest BCUT2D eigenvalue weighted by atomic mass is 16.4. The van der Waals surface area contributed by atoms with Crippen LogP contribution in [0.15, 0.2) is 84.9 Å². The number of carbonyl (C=O) groups is 1. The average Bonchev–Trinajstić information content (AvgIpc) is 3.26. The molecule has 170 valence electrons. The minimum Gasteiger partial charge on any atom is -0.477 e. The molecule has 1 heterocycles. The van der Waals surface area contributed by atoms with Crippen LogP contribution in [0.2, 0.25) is 0 Å². The van der Waals surface area contributed by atoms with E-state index in [-0.39, 0.29) is 5.69 Å². The molecule has 1 aromatic heterocycles. The van der Waals surface area contributed by atoms with Crippen LogP contribution < -0.4 is 5.73 Å². The number of benzene rings is 4. The molecule has 5 aromatic rings. The van der Waals surface area contributed by atoms with Crippen molar-refractivity contribution in [2.24, 2.45) is 5.73 Å². The van der Waals surface area contributed by atoms with Gasteiger partial charge in [0.2, 0.25) is 0 Å². The number of para-hydroxylation sites is 1. The van der Waals surface area contributed by atoms with Crippen LogP contribution in [0, 0.1) is 0 Å². The smallest absolute Gasteiger partial charge is 0.352 e. The van der Waals surface area contributed by atoms with Crippen LogP contribution in [0.5, 0.6) is 0 Å². The van der Waals surface area contributed by atoms with Crippen LogP contribution in [0.25, 0.3) is 32.8 Å². The highest BCUT2D eigenvalue weighted by Gasteiger charge is 2.19. The van der Waals surface area contributed by atoms with E-state index in [0.717, 1.165) is 52.4 Å². The number of H-pyrrole nitrogens is 1. The molecule has 4 nitrogen and oxygen atoms in total. The van der Waals surface area contributed by atoms with Crippen molar-refractivity contribution in [2.45, 2.75) is 32.2 Å². The fraction of sp³-hybridized carbons (Fsp3) is 0.167. The molecule has 0 aliphatic carbocycles. The Kier molecular flexibility index (Phi) is 6.15. The van der Waals surface area contributed by atoms with E-state index < -0.39 is 5.97 Å². The van der Waals surface area contributed by atoms with Gasteiger partial charge in [0.1, 0.15) is 5.69 Å². The molecular weight excluding hydrogens is 420 g/mol. The van der Waals surface area contributed by atoms with Gasteiger partial charge >= 0.3 is 5.97 Å². The fourth-order valence-corrected chi connectivity index (χ4v) is 5.03. The molecule has 0 atom stereocenters. The molecular formula is C30H28N2O2. The van der Waals surface area contributed by atoms with E-state index in [2.05, 4.69) is 47.4 Å². The number of aryl methyl sites for hydroxylation is 2. The molecule has 0 spiro atoms. The van der Waals surface area contributed by atoms with Gasteiger partial charge in [0.25, 0.3) is 0 Å². The summed E-state index contributed by atoms with van der Waals surface area (Å²) in [6, 6.07) is 29.0. The second kappa shape index (κ2) is 9.54. The van der Waals surface area contributed by atoms with Crippen LogP contribution in [0.3, 0.4) is 0 Å². The van der Waals surface area contributed by atoms with Gasteiger partial charge in [-0.05, 0) is 58.7 Å². The first-order chi connectivity index (χ1) is 16.7. The standard InChI is InChI=1S/C30H28N2O2/c31-19-22-11-3-5-15-24(22)25-17-8-18-26-27(29(30(33)34)32-28(25)26)16-6-2-10-21-13-7-12-20-9-1-4-14-23(20)21/h1,3-5,7-9,11-15,17-18,32H,2,6,10,16,19,31H2,(H,33,34). The van der Waals surface area contributed by atoms with Gasteiger partial charge in [-0.1, -0.05) is 84.9 Å². The van der Waals surface area contributed by atoms with Gasteiger partial charge in [-0.3, -0.25) is 0 Å². The van der Waals surface area contributed by atoms with Crippen LogP contribution in [-0.2, 0) is 19.4 Å². The molecule has 0 saturated heterocycles. The number of hydrogen-bond donors (Lipinski definition) is 3. The summed E-state index contributed by atoms with van der Waals surface area (Å²) in [5.74, 6) is -0.918. The summed E-state index contributed by atoms with van der Waals surface area (Å²) >= 11 is 0. The minimum atomic E-state index is -0.918. The summed E-state index contributed by atoms with van der Waals surface area (Å²) in [6.45, 7) is 0.431. The van der Waals surface area contributed by atoms with Crippen molar-refractivity contribution in [3.63, 3.8) is 0 Å². The fourth-order valence-electron chi connectivity index (χ4n) is 5.03. The topological polar surface area (TPSA) is 79.1 Å². The lowest BCUT2D eigenvalue weighted by atomic mass is 9.95. The first kappa shape index (κ1) is 21.9. The molecule has 0 unspecified atom stereocenters. The van der Waals surface area contributed by atoms with Crippen LogP contribution in [0.1, 0.15) is 40.0 Å². The van der Waals surface area contributed by atoms with Gasteiger partial charge in [0.05, 0.1) is 5.52 Å². The normalized spacial score (nSPS) is 11.3. The second-order valence-electron chi connectivity index (χ2n) is 8.72. The Labute approximate surface area is 199 Å². The maximum Gasteiger partial charge on any atom is 0.352 e. The maximum atomic E-state index is 12.1. The van der Waals surface area contributed by atoms with Crippen molar-refractivity contribution in [2.75, 3.05) is 0 Å². The largest absolute Gasteiger partial charge is 0.477 e. The number of rotatable bonds is 8. The number of aromatic amines is 1. The zero-order valence-corrected chi connectivity index (χ0v) is 19.1. The number of unbranched alkanes of at least 4 members (excludes halogenated alkanes) is 1. The van der Waals surface area contributed by atoms with Gasteiger partial charge in [0.15, 0.2) is 0 Å². The summed E-state index contributed by atoms with van der Waals surface area (Å²) in [6.07, 6.45) is 3.60. The van der Waals surface area contributed by atoms with Crippen molar-refractivity contribution in [1.82, 2.24) is 4.98 Å².